The Morgan fingerprint density at radius 2 is 2.62 bits per heavy atom. The predicted octanol–water partition coefficient (Wildman–Crippen LogP) is -0.251. The highest BCUT2D eigenvalue weighted by atomic mass is 16.4. The van der Waals surface area contributed by atoms with E-state index in [0.29, 0.717) is 5.76 Å². The number of oxazole rings is 1. The Morgan fingerprint density at radius 3 is 2.88 bits per heavy atom. The van der Waals surface area contributed by atoms with Gasteiger partial charge in [0.1, 0.15) is 6.61 Å². The Kier molecular flexibility index (Phi) is 1.17. The molecule has 0 spiro atoms. The van der Waals surface area contributed by atoms with Crippen molar-refractivity contribution in [2.24, 2.45) is 0 Å². The minimum atomic E-state index is -0.189. The molecule has 0 amide bonds. The summed E-state index contributed by atoms with van der Waals surface area (Å²) in [5, 5.41) is 8.39. The van der Waals surface area contributed by atoms with Gasteiger partial charge in [0.05, 0.1) is 0 Å². The monoisotopic (exact) mass is 114 g/mol. The molecule has 1 rings (SSSR count). The van der Waals surface area contributed by atoms with Gasteiger partial charge < -0.3 is 15.3 Å². The molecule has 0 aliphatic rings. The molecule has 0 aliphatic carbocycles. The van der Waals surface area contributed by atoms with Gasteiger partial charge in [0.2, 0.25) is 0 Å². The lowest BCUT2D eigenvalue weighted by atomic mass is 10.5. The number of nitrogens with zero attached hydrogens (tertiary/aromatic N) is 1. The minimum Gasteiger partial charge on any atom is -0.444 e. The first kappa shape index (κ1) is 5.11. The summed E-state index contributed by atoms with van der Waals surface area (Å²) in [6.07, 6.45) is 1.20. The van der Waals surface area contributed by atoms with E-state index in [0.717, 1.165) is 0 Å². The van der Waals surface area contributed by atoms with Gasteiger partial charge in [-0.05, 0) is 0 Å². The van der Waals surface area contributed by atoms with Crippen LogP contribution in [0.25, 0.3) is 0 Å². The first-order valence-corrected chi connectivity index (χ1v) is 2.13. The van der Waals surface area contributed by atoms with Crippen LogP contribution in [0.5, 0.6) is 0 Å². The van der Waals surface area contributed by atoms with Crippen molar-refractivity contribution in [2.75, 3.05) is 5.73 Å². The second-order valence-electron chi connectivity index (χ2n) is 1.32. The molecule has 1 aromatic heterocycles. The second kappa shape index (κ2) is 1.83. The van der Waals surface area contributed by atoms with Crippen molar-refractivity contribution in [2.45, 2.75) is 6.61 Å². The van der Waals surface area contributed by atoms with Gasteiger partial charge in [-0.15, -0.1) is 0 Å². The first-order valence-electron chi connectivity index (χ1n) is 2.13. The average molecular weight is 114 g/mol. The van der Waals surface area contributed by atoms with E-state index >= 15 is 0 Å². The summed E-state index contributed by atoms with van der Waals surface area (Å²) in [5.74, 6) is 0.581. The summed E-state index contributed by atoms with van der Waals surface area (Å²) in [6.45, 7) is -0.189. The molecule has 0 radical (unpaired) electrons. The summed E-state index contributed by atoms with van der Waals surface area (Å²) in [7, 11) is 0. The van der Waals surface area contributed by atoms with Crippen LogP contribution in [-0.2, 0) is 6.61 Å². The third kappa shape index (κ3) is 0.651. The summed E-state index contributed by atoms with van der Waals surface area (Å²) in [5.41, 5.74) is 5.19. The van der Waals surface area contributed by atoms with Crippen molar-refractivity contribution in [3.63, 3.8) is 0 Å². The third-order valence-corrected chi connectivity index (χ3v) is 0.816. The van der Waals surface area contributed by atoms with Crippen LogP contribution < -0.4 is 5.73 Å². The molecule has 44 valence electrons. The lowest BCUT2D eigenvalue weighted by Gasteiger charge is -1.84. The zero-order valence-electron chi connectivity index (χ0n) is 4.16. The van der Waals surface area contributed by atoms with Gasteiger partial charge >= 0.3 is 0 Å². The van der Waals surface area contributed by atoms with Crippen LogP contribution in [0.3, 0.4) is 0 Å². The number of rotatable bonds is 1. The highest BCUT2D eigenvalue weighted by molar-refractivity contribution is 5.30. The van der Waals surface area contributed by atoms with E-state index in [2.05, 4.69) is 9.40 Å². The van der Waals surface area contributed by atoms with Crippen molar-refractivity contribution in [3.8, 4) is 0 Å². The standard InChI is InChI=1S/C4H6N2O2/c5-4-3(1-7)8-2-6-4/h2,7H,1,5H2. The maximum atomic E-state index is 8.39. The SMILES string of the molecule is Nc1ncoc1CO. The molecule has 0 saturated carbocycles. The summed E-state index contributed by atoms with van der Waals surface area (Å²) < 4.78 is 4.63. The largest absolute Gasteiger partial charge is 0.444 e. The summed E-state index contributed by atoms with van der Waals surface area (Å²) >= 11 is 0. The fraction of sp³-hybridized carbons (Fsp3) is 0.250. The number of nitrogens with two attached hydrogens (primary N) is 1. The van der Waals surface area contributed by atoms with E-state index in [4.69, 9.17) is 10.8 Å². The van der Waals surface area contributed by atoms with Gasteiger partial charge in [0.25, 0.3) is 0 Å². The molecule has 0 atom stereocenters. The van der Waals surface area contributed by atoms with Crippen molar-refractivity contribution >= 4 is 5.82 Å². The molecular weight excluding hydrogens is 108 g/mol. The lowest BCUT2D eigenvalue weighted by Crippen LogP contribution is -1.89. The van der Waals surface area contributed by atoms with Gasteiger partial charge in [-0.3, -0.25) is 0 Å². The van der Waals surface area contributed by atoms with E-state index in [1.54, 1.807) is 0 Å². The quantitative estimate of drug-likeness (QED) is 0.528. The molecule has 0 aliphatic heterocycles. The molecular formula is C4H6N2O2. The Balaban J connectivity index is 2.92. The van der Waals surface area contributed by atoms with E-state index < -0.39 is 0 Å². The van der Waals surface area contributed by atoms with Gasteiger partial charge in [-0.2, -0.15) is 4.98 Å². The predicted molar refractivity (Wildman–Crippen MR) is 26.8 cm³/mol. The smallest absolute Gasteiger partial charge is 0.183 e. The number of anilines is 1. The Hall–Kier alpha value is -1.03. The molecule has 4 heteroatoms. The van der Waals surface area contributed by atoms with Crippen LogP contribution in [-0.4, -0.2) is 10.1 Å². The maximum Gasteiger partial charge on any atom is 0.183 e. The van der Waals surface area contributed by atoms with Crippen LogP contribution in [0.4, 0.5) is 5.82 Å². The second-order valence-corrected chi connectivity index (χ2v) is 1.32. The van der Waals surface area contributed by atoms with Gasteiger partial charge in [0.15, 0.2) is 18.0 Å². The average Bonchev–Trinajstić information content (AvgIpc) is 2.14. The van der Waals surface area contributed by atoms with Crippen molar-refractivity contribution in [1.29, 1.82) is 0 Å². The number of hydrogen-bond donors (Lipinski definition) is 2. The molecule has 8 heavy (non-hydrogen) atoms. The van der Waals surface area contributed by atoms with Crippen molar-refractivity contribution < 1.29 is 9.52 Å². The molecule has 0 saturated heterocycles. The number of aliphatic hydroxyl groups excluding tert-OH is 1. The zero-order valence-corrected chi connectivity index (χ0v) is 4.16. The molecule has 3 N–H and O–H groups in total. The highest BCUT2D eigenvalue weighted by Gasteiger charge is 1.98. The number of nitrogen functional groups attached to an aromatic ring is 1. The van der Waals surface area contributed by atoms with Crippen molar-refractivity contribution in [1.82, 2.24) is 4.98 Å². The lowest BCUT2D eigenvalue weighted by molar-refractivity contribution is 0.248. The molecule has 4 nitrogen and oxygen atoms in total. The molecule has 0 aromatic carbocycles. The summed E-state index contributed by atoms with van der Waals surface area (Å²) in [4.78, 5) is 3.54. The topological polar surface area (TPSA) is 72.3 Å². The molecule has 0 unspecified atom stereocenters. The number of aromatic nitrogens is 1. The van der Waals surface area contributed by atoms with E-state index in [1.165, 1.54) is 6.39 Å². The Morgan fingerprint density at radius 1 is 1.88 bits per heavy atom. The fourth-order valence-electron chi connectivity index (χ4n) is 0.397. The molecule has 0 fully saturated rings. The number of aliphatic hydroxyl groups is 1. The molecule has 1 heterocycles. The fourth-order valence-corrected chi connectivity index (χ4v) is 0.397. The Labute approximate surface area is 45.9 Å². The van der Waals surface area contributed by atoms with Gasteiger partial charge in [-0.25, -0.2) is 0 Å². The van der Waals surface area contributed by atoms with Crippen LogP contribution in [0.1, 0.15) is 5.76 Å². The molecule has 0 bridgehead atoms. The van der Waals surface area contributed by atoms with Crippen LogP contribution in [0.2, 0.25) is 0 Å². The van der Waals surface area contributed by atoms with Gasteiger partial charge in [-0.1, -0.05) is 0 Å². The van der Waals surface area contributed by atoms with E-state index in [-0.39, 0.29) is 12.4 Å². The van der Waals surface area contributed by atoms with E-state index in [9.17, 15) is 0 Å². The first-order chi connectivity index (χ1) is 3.84. The third-order valence-electron chi connectivity index (χ3n) is 0.816. The number of hydrogen-bond acceptors (Lipinski definition) is 4. The van der Waals surface area contributed by atoms with E-state index in [1.807, 2.05) is 0 Å². The maximum absolute atomic E-state index is 8.39. The van der Waals surface area contributed by atoms with Crippen LogP contribution in [0, 0.1) is 0 Å². The zero-order chi connectivity index (χ0) is 5.98. The summed E-state index contributed by atoms with van der Waals surface area (Å²) in [6, 6.07) is 0. The van der Waals surface area contributed by atoms with Crippen molar-refractivity contribution in [3.05, 3.63) is 12.2 Å². The van der Waals surface area contributed by atoms with Crippen LogP contribution >= 0.6 is 0 Å². The van der Waals surface area contributed by atoms with Crippen LogP contribution in [0.15, 0.2) is 10.8 Å². The Bertz CT molecular complexity index is 172. The molecule has 1 aromatic rings. The highest BCUT2D eigenvalue weighted by Crippen LogP contribution is 2.05. The van der Waals surface area contributed by atoms with Gasteiger partial charge in [0, 0.05) is 0 Å². The normalized spacial score (nSPS) is 9.62. The minimum absolute atomic E-state index is 0.189.